The highest BCUT2D eigenvalue weighted by Crippen LogP contribution is 2.34. The Balaban J connectivity index is 1.69. The van der Waals surface area contributed by atoms with E-state index in [1.807, 2.05) is 13.8 Å². The highest BCUT2D eigenvalue weighted by atomic mass is 35.5. The van der Waals surface area contributed by atoms with Crippen LogP contribution in [0.3, 0.4) is 0 Å². The predicted molar refractivity (Wildman–Crippen MR) is 126 cm³/mol. The van der Waals surface area contributed by atoms with Crippen molar-refractivity contribution in [2.75, 3.05) is 25.6 Å². The third kappa shape index (κ3) is 6.05. The maximum Gasteiger partial charge on any atom is 0.294 e. The van der Waals surface area contributed by atoms with Crippen molar-refractivity contribution in [3.8, 4) is 11.5 Å². The molecule has 7 nitrogen and oxygen atoms in total. The first kappa shape index (κ1) is 23.7. The number of amides is 3. The van der Waals surface area contributed by atoms with Gasteiger partial charge in [0.15, 0.2) is 11.5 Å². The molecule has 0 aromatic heterocycles. The Labute approximate surface area is 195 Å². The second-order valence-electron chi connectivity index (χ2n) is 7.44. The van der Waals surface area contributed by atoms with Crippen LogP contribution in [0.25, 0.3) is 6.08 Å². The fourth-order valence-electron chi connectivity index (χ4n) is 2.81. The van der Waals surface area contributed by atoms with Gasteiger partial charge in [0.1, 0.15) is 6.54 Å². The van der Waals surface area contributed by atoms with Crippen LogP contribution >= 0.6 is 23.4 Å². The van der Waals surface area contributed by atoms with E-state index in [1.165, 1.54) is 7.11 Å². The zero-order valence-electron chi connectivity index (χ0n) is 17.9. The molecule has 0 aliphatic carbocycles. The van der Waals surface area contributed by atoms with Crippen molar-refractivity contribution in [2.24, 2.45) is 5.92 Å². The number of carbonyl (C=O) groups is 3. The van der Waals surface area contributed by atoms with Crippen LogP contribution in [-0.2, 0) is 9.59 Å². The molecule has 0 unspecified atom stereocenters. The number of carbonyl (C=O) groups excluding carboxylic acids is 3. The Hall–Kier alpha value is -2.97. The lowest BCUT2D eigenvalue weighted by Crippen LogP contribution is -2.36. The molecule has 1 heterocycles. The quantitative estimate of drug-likeness (QED) is 0.538. The Morgan fingerprint density at radius 2 is 1.88 bits per heavy atom. The molecule has 168 valence electrons. The number of hydrogen-bond donors (Lipinski definition) is 1. The summed E-state index contributed by atoms with van der Waals surface area (Å²) in [6.45, 7) is 4.27. The van der Waals surface area contributed by atoms with Gasteiger partial charge < -0.3 is 14.8 Å². The number of halogens is 1. The summed E-state index contributed by atoms with van der Waals surface area (Å²) in [6, 6.07) is 11.8. The Kier molecular flexibility index (Phi) is 7.82. The van der Waals surface area contributed by atoms with Crippen LogP contribution in [0.1, 0.15) is 19.4 Å². The van der Waals surface area contributed by atoms with E-state index in [2.05, 4.69) is 5.32 Å². The number of thioether (sulfide) groups is 1. The van der Waals surface area contributed by atoms with Gasteiger partial charge >= 0.3 is 0 Å². The largest absolute Gasteiger partial charge is 0.493 e. The summed E-state index contributed by atoms with van der Waals surface area (Å²) in [5.41, 5.74) is 1.20. The van der Waals surface area contributed by atoms with E-state index in [-0.39, 0.29) is 11.4 Å². The average molecular weight is 475 g/mol. The summed E-state index contributed by atoms with van der Waals surface area (Å²) >= 11 is 6.62. The van der Waals surface area contributed by atoms with Gasteiger partial charge in [0.25, 0.3) is 11.1 Å². The zero-order valence-corrected chi connectivity index (χ0v) is 19.5. The Morgan fingerprint density at radius 3 is 2.53 bits per heavy atom. The third-order valence-electron chi connectivity index (χ3n) is 4.36. The van der Waals surface area contributed by atoms with Gasteiger partial charge in [0.05, 0.1) is 18.6 Å². The molecule has 2 aromatic rings. The van der Waals surface area contributed by atoms with Gasteiger partial charge in [-0.1, -0.05) is 31.5 Å². The summed E-state index contributed by atoms with van der Waals surface area (Å²) < 4.78 is 11.1. The van der Waals surface area contributed by atoms with Crippen molar-refractivity contribution in [3.63, 3.8) is 0 Å². The minimum absolute atomic E-state index is 0.229. The van der Waals surface area contributed by atoms with Gasteiger partial charge in [0, 0.05) is 10.7 Å². The number of ether oxygens (including phenoxy) is 2. The lowest BCUT2D eigenvalue weighted by atomic mass is 10.1. The molecule has 1 saturated heterocycles. The summed E-state index contributed by atoms with van der Waals surface area (Å²) in [7, 11) is 1.54. The van der Waals surface area contributed by atoms with E-state index in [0.717, 1.165) is 16.7 Å². The minimum atomic E-state index is -0.523. The number of imide groups is 1. The summed E-state index contributed by atoms with van der Waals surface area (Å²) in [5.74, 6) is 0.490. The number of benzene rings is 2. The number of nitrogens with zero attached hydrogens (tertiary/aromatic N) is 1. The van der Waals surface area contributed by atoms with Crippen molar-refractivity contribution >= 4 is 52.2 Å². The van der Waals surface area contributed by atoms with E-state index < -0.39 is 17.1 Å². The Bertz CT molecular complexity index is 1050. The normalized spacial score (nSPS) is 14.9. The van der Waals surface area contributed by atoms with Crippen LogP contribution in [0.2, 0.25) is 5.02 Å². The molecular weight excluding hydrogens is 452 g/mol. The van der Waals surface area contributed by atoms with Gasteiger partial charge in [0.2, 0.25) is 5.91 Å². The van der Waals surface area contributed by atoms with E-state index in [9.17, 15) is 14.4 Å². The lowest BCUT2D eigenvalue weighted by Gasteiger charge is -2.13. The molecule has 32 heavy (non-hydrogen) atoms. The first-order chi connectivity index (χ1) is 15.3. The van der Waals surface area contributed by atoms with E-state index in [4.69, 9.17) is 21.1 Å². The number of hydrogen-bond acceptors (Lipinski definition) is 6. The molecule has 0 atom stereocenters. The highest BCUT2D eigenvalue weighted by Gasteiger charge is 2.36. The van der Waals surface area contributed by atoms with Crippen molar-refractivity contribution in [2.45, 2.75) is 13.8 Å². The van der Waals surface area contributed by atoms with Crippen molar-refractivity contribution in [1.29, 1.82) is 0 Å². The molecule has 1 N–H and O–H groups in total. The van der Waals surface area contributed by atoms with Gasteiger partial charge in [-0.05, 0) is 65.7 Å². The second-order valence-corrected chi connectivity index (χ2v) is 8.87. The van der Waals surface area contributed by atoms with Crippen LogP contribution in [0.4, 0.5) is 10.5 Å². The van der Waals surface area contributed by atoms with Crippen molar-refractivity contribution in [1.82, 2.24) is 4.90 Å². The molecule has 0 saturated carbocycles. The molecule has 0 spiro atoms. The lowest BCUT2D eigenvalue weighted by molar-refractivity contribution is -0.127. The number of anilines is 1. The SMILES string of the molecule is COc1cc(/C=C2\SC(=O)N(CC(=O)Nc3ccc(Cl)cc3)C2=O)ccc1OCC(C)C. The van der Waals surface area contributed by atoms with Crippen LogP contribution in [0.5, 0.6) is 11.5 Å². The fourth-order valence-corrected chi connectivity index (χ4v) is 3.78. The summed E-state index contributed by atoms with van der Waals surface area (Å²) in [5, 5.41) is 2.67. The van der Waals surface area contributed by atoms with Gasteiger partial charge in [-0.3, -0.25) is 19.3 Å². The van der Waals surface area contributed by atoms with Crippen molar-refractivity contribution in [3.05, 3.63) is 58.0 Å². The number of methoxy groups -OCH3 is 1. The maximum atomic E-state index is 12.7. The molecule has 9 heteroatoms. The van der Waals surface area contributed by atoms with Crippen LogP contribution in [-0.4, -0.2) is 42.2 Å². The fraction of sp³-hybridized carbons (Fsp3) is 0.261. The monoisotopic (exact) mass is 474 g/mol. The van der Waals surface area contributed by atoms with Crippen molar-refractivity contribution < 1.29 is 23.9 Å². The van der Waals surface area contributed by atoms with E-state index in [1.54, 1.807) is 48.5 Å². The molecule has 0 bridgehead atoms. The Morgan fingerprint density at radius 1 is 1.16 bits per heavy atom. The van der Waals surface area contributed by atoms with Crippen LogP contribution in [0, 0.1) is 5.92 Å². The molecule has 2 aromatic carbocycles. The third-order valence-corrected chi connectivity index (χ3v) is 5.52. The van der Waals surface area contributed by atoms with Crippen LogP contribution in [0.15, 0.2) is 47.4 Å². The van der Waals surface area contributed by atoms with Gasteiger partial charge in [-0.25, -0.2) is 0 Å². The predicted octanol–water partition coefficient (Wildman–Crippen LogP) is 5.06. The zero-order chi connectivity index (χ0) is 23.3. The molecule has 3 rings (SSSR count). The summed E-state index contributed by atoms with van der Waals surface area (Å²) in [6.07, 6.45) is 1.59. The first-order valence-electron chi connectivity index (χ1n) is 9.88. The van der Waals surface area contributed by atoms with Gasteiger partial charge in [-0.15, -0.1) is 0 Å². The van der Waals surface area contributed by atoms with E-state index in [0.29, 0.717) is 40.3 Å². The standard InChI is InChI=1S/C23H23ClN2O5S/c1-14(2)13-31-18-9-4-15(10-19(18)30-3)11-20-22(28)26(23(29)32-20)12-21(27)25-17-7-5-16(24)6-8-17/h4-11,14H,12-13H2,1-3H3,(H,25,27)/b20-11-. The molecule has 3 amide bonds. The minimum Gasteiger partial charge on any atom is -0.493 e. The number of rotatable bonds is 8. The smallest absolute Gasteiger partial charge is 0.294 e. The van der Waals surface area contributed by atoms with Gasteiger partial charge in [-0.2, -0.15) is 0 Å². The molecule has 0 radical (unpaired) electrons. The molecular formula is C23H23ClN2O5S. The molecule has 1 aliphatic heterocycles. The second kappa shape index (κ2) is 10.6. The van der Waals surface area contributed by atoms with Crippen LogP contribution < -0.4 is 14.8 Å². The number of nitrogens with one attached hydrogen (secondary N) is 1. The van der Waals surface area contributed by atoms with E-state index >= 15 is 0 Å². The highest BCUT2D eigenvalue weighted by molar-refractivity contribution is 8.18. The first-order valence-corrected chi connectivity index (χ1v) is 11.1. The summed E-state index contributed by atoms with van der Waals surface area (Å²) in [4.78, 5) is 38.5. The topological polar surface area (TPSA) is 84.9 Å². The average Bonchev–Trinajstić information content (AvgIpc) is 3.01. The molecule has 1 aliphatic rings. The molecule has 1 fully saturated rings. The maximum absolute atomic E-state index is 12.7.